The van der Waals surface area contributed by atoms with Crippen LogP contribution in [0.25, 0.3) is 0 Å². The van der Waals surface area contributed by atoms with Gasteiger partial charge >= 0.3 is 0 Å². The molecule has 0 atom stereocenters. The Bertz CT molecular complexity index is 337. The van der Waals surface area contributed by atoms with E-state index in [9.17, 15) is 0 Å². The van der Waals surface area contributed by atoms with Crippen LogP contribution in [0.15, 0.2) is 17.0 Å². The van der Waals surface area contributed by atoms with Gasteiger partial charge in [-0.25, -0.2) is 0 Å². The van der Waals surface area contributed by atoms with E-state index in [2.05, 4.69) is 52.5 Å². The lowest BCUT2D eigenvalue weighted by atomic mass is 9.85. The highest BCUT2D eigenvalue weighted by atomic mass is 32.1. The highest BCUT2D eigenvalue weighted by molar-refractivity contribution is 7.80. The third-order valence-electron chi connectivity index (χ3n) is 2.47. The Kier molecular flexibility index (Phi) is 3.28. The second kappa shape index (κ2) is 3.95. The number of aryl methyl sites for hydroxylation is 1. The number of hydrogen-bond acceptors (Lipinski definition) is 2. The topological polar surface area (TPSA) is 26.0 Å². The van der Waals surface area contributed by atoms with Crippen LogP contribution in [0.5, 0.6) is 0 Å². The average Bonchev–Trinajstić information content (AvgIpc) is 2.07. The van der Waals surface area contributed by atoms with Gasteiger partial charge in [0.05, 0.1) is 0 Å². The number of hydrogen-bond donors (Lipinski definition) is 2. The van der Waals surface area contributed by atoms with Crippen LogP contribution >= 0.6 is 12.6 Å². The summed E-state index contributed by atoms with van der Waals surface area (Å²) in [6.45, 7) is 9.26. The van der Waals surface area contributed by atoms with Crippen LogP contribution in [0.1, 0.15) is 37.5 Å². The first-order valence-electron chi connectivity index (χ1n) is 4.89. The minimum absolute atomic E-state index is 0.177. The van der Waals surface area contributed by atoms with Gasteiger partial charge < -0.3 is 5.73 Å². The molecule has 0 aliphatic rings. The molecule has 0 heterocycles. The van der Waals surface area contributed by atoms with Gasteiger partial charge in [-0.2, -0.15) is 0 Å². The maximum Gasteiger partial charge on any atom is 0.0189 e. The Morgan fingerprint density at radius 2 is 1.86 bits per heavy atom. The fourth-order valence-corrected chi connectivity index (χ4v) is 1.66. The molecule has 1 aromatic carbocycles. The van der Waals surface area contributed by atoms with Crippen molar-refractivity contribution in [2.75, 3.05) is 0 Å². The predicted octanol–water partition coefficient (Wildman–Crippen LogP) is 3.04. The van der Waals surface area contributed by atoms with Crippen LogP contribution in [0.3, 0.4) is 0 Å². The van der Waals surface area contributed by atoms with Gasteiger partial charge in [-0.05, 0) is 29.0 Å². The molecule has 1 rings (SSSR count). The third-order valence-corrected chi connectivity index (χ3v) is 3.11. The van der Waals surface area contributed by atoms with Gasteiger partial charge in [-0.3, -0.25) is 0 Å². The van der Waals surface area contributed by atoms with Crippen molar-refractivity contribution in [2.45, 2.75) is 44.6 Å². The molecule has 1 aromatic rings. The van der Waals surface area contributed by atoms with Crippen molar-refractivity contribution in [3.05, 3.63) is 28.8 Å². The zero-order valence-electron chi connectivity index (χ0n) is 9.39. The molecule has 14 heavy (non-hydrogen) atoms. The second-order valence-electron chi connectivity index (χ2n) is 4.75. The van der Waals surface area contributed by atoms with E-state index in [-0.39, 0.29) is 5.41 Å². The lowest BCUT2D eigenvalue weighted by Crippen LogP contribution is -2.13. The van der Waals surface area contributed by atoms with Crippen molar-refractivity contribution in [2.24, 2.45) is 5.73 Å². The minimum atomic E-state index is 0.177. The number of benzene rings is 1. The van der Waals surface area contributed by atoms with Crippen molar-refractivity contribution in [1.29, 1.82) is 0 Å². The molecular formula is C12H19NS. The Morgan fingerprint density at radius 3 is 2.29 bits per heavy atom. The average molecular weight is 209 g/mol. The minimum Gasteiger partial charge on any atom is -0.326 e. The van der Waals surface area contributed by atoms with E-state index >= 15 is 0 Å². The Hall–Kier alpha value is -0.470. The maximum absolute atomic E-state index is 5.68. The molecule has 78 valence electrons. The van der Waals surface area contributed by atoms with E-state index in [0.29, 0.717) is 6.54 Å². The molecule has 0 bridgehead atoms. The fourth-order valence-electron chi connectivity index (χ4n) is 1.44. The van der Waals surface area contributed by atoms with Gasteiger partial charge in [0.1, 0.15) is 0 Å². The molecule has 0 spiro atoms. The molecule has 0 aromatic heterocycles. The molecule has 0 amide bonds. The zero-order chi connectivity index (χ0) is 10.9. The summed E-state index contributed by atoms with van der Waals surface area (Å²) in [5, 5.41) is 0. The van der Waals surface area contributed by atoms with Crippen LogP contribution in [-0.4, -0.2) is 0 Å². The van der Waals surface area contributed by atoms with Crippen LogP contribution < -0.4 is 5.73 Å². The van der Waals surface area contributed by atoms with Crippen molar-refractivity contribution < 1.29 is 0 Å². The Morgan fingerprint density at radius 1 is 1.29 bits per heavy atom. The summed E-state index contributed by atoms with van der Waals surface area (Å²) in [5.74, 6) is 0. The summed E-state index contributed by atoms with van der Waals surface area (Å²) in [6, 6.07) is 4.36. The van der Waals surface area contributed by atoms with Gasteiger partial charge in [-0.1, -0.05) is 32.9 Å². The summed E-state index contributed by atoms with van der Waals surface area (Å²) in [4.78, 5) is 1.03. The quantitative estimate of drug-likeness (QED) is 0.683. The number of thiol groups is 1. The summed E-state index contributed by atoms with van der Waals surface area (Å²) in [5.41, 5.74) is 9.53. The number of rotatable bonds is 1. The molecule has 0 saturated heterocycles. The zero-order valence-corrected chi connectivity index (χ0v) is 10.3. The maximum atomic E-state index is 5.68. The van der Waals surface area contributed by atoms with E-state index in [0.717, 1.165) is 10.5 Å². The summed E-state index contributed by atoms with van der Waals surface area (Å²) in [7, 11) is 0. The SMILES string of the molecule is Cc1cc(C(C)(C)C)cc(CN)c1S. The first kappa shape index (κ1) is 11.6. The molecular weight excluding hydrogens is 190 g/mol. The molecule has 0 aliphatic carbocycles. The van der Waals surface area contributed by atoms with Crippen LogP contribution in [0, 0.1) is 6.92 Å². The Balaban J connectivity index is 3.30. The van der Waals surface area contributed by atoms with Crippen molar-refractivity contribution >= 4 is 12.6 Å². The largest absolute Gasteiger partial charge is 0.326 e. The van der Waals surface area contributed by atoms with Gasteiger partial charge in [0.25, 0.3) is 0 Å². The van der Waals surface area contributed by atoms with E-state index in [1.54, 1.807) is 0 Å². The van der Waals surface area contributed by atoms with Gasteiger partial charge in [0, 0.05) is 11.4 Å². The fraction of sp³-hybridized carbons (Fsp3) is 0.500. The van der Waals surface area contributed by atoms with Crippen LogP contribution in [0.4, 0.5) is 0 Å². The first-order valence-corrected chi connectivity index (χ1v) is 5.34. The van der Waals surface area contributed by atoms with Crippen LogP contribution in [0.2, 0.25) is 0 Å². The summed E-state index contributed by atoms with van der Waals surface area (Å²) < 4.78 is 0. The van der Waals surface area contributed by atoms with E-state index in [1.165, 1.54) is 11.1 Å². The molecule has 0 fully saturated rings. The second-order valence-corrected chi connectivity index (χ2v) is 5.20. The predicted molar refractivity (Wildman–Crippen MR) is 65.0 cm³/mol. The van der Waals surface area contributed by atoms with Gasteiger partial charge in [0.15, 0.2) is 0 Å². The third kappa shape index (κ3) is 2.31. The molecule has 0 aliphatic heterocycles. The van der Waals surface area contributed by atoms with Crippen molar-refractivity contribution in [3.8, 4) is 0 Å². The van der Waals surface area contributed by atoms with Gasteiger partial charge in [0.2, 0.25) is 0 Å². The monoisotopic (exact) mass is 209 g/mol. The molecule has 0 unspecified atom stereocenters. The highest BCUT2D eigenvalue weighted by Crippen LogP contribution is 2.28. The van der Waals surface area contributed by atoms with E-state index in [1.807, 2.05) is 0 Å². The lowest BCUT2D eigenvalue weighted by Gasteiger charge is -2.21. The summed E-state index contributed by atoms with van der Waals surface area (Å²) in [6.07, 6.45) is 0. The molecule has 2 N–H and O–H groups in total. The smallest absolute Gasteiger partial charge is 0.0189 e. The first-order chi connectivity index (χ1) is 6.36. The van der Waals surface area contributed by atoms with Crippen molar-refractivity contribution in [1.82, 2.24) is 0 Å². The standard InChI is InChI=1S/C12H19NS/c1-8-5-10(12(2,3)4)6-9(7-13)11(8)14/h5-6,14H,7,13H2,1-4H3. The summed E-state index contributed by atoms with van der Waals surface area (Å²) >= 11 is 4.45. The van der Waals surface area contributed by atoms with Crippen molar-refractivity contribution in [3.63, 3.8) is 0 Å². The lowest BCUT2D eigenvalue weighted by molar-refractivity contribution is 0.587. The van der Waals surface area contributed by atoms with Gasteiger partial charge in [-0.15, -0.1) is 12.6 Å². The molecule has 1 nitrogen and oxygen atoms in total. The Labute approximate surface area is 92.1 Å². The highest BCUT2D eigenvalue weighted by Gasteiger charge is 2.15. The molecule has 0 radical (unpaired) electrons. The normalized spacial score (nSPS) is 11.9. The van der Waals surface area contributed by atoms with Crippen LogP contribution in [-0.2, 0) is 12.0 Å². The number of nitrogens with two attached hydrogens (primary N) is 1. The molecule has 2 heteroatoms. The van der Waals surface area contributed by atoms with E-state index in [4.69, 9.17) is 5.73 Å². The molecule has 0 saturated carbocycles. The van der Waals surface area contributed by atoms with E-state index < -0.39 is 0 Å².